The quantitative estimate of drug-likeness (QED) is 0.287. The maximum Gasteiger partial charge on any atom is 0.393 e. The van der Waals surface area contributed by atoms with Gasteiger partial charge >= 0.3 is 12.1 Å². The van der Waals surface area contributed by atoms with E-state index in [0.29, 0.717) is 12.2 Å². The molecule has 2 amide bonds. The lowest BCUT2D eigenvalue weighted by atomic mass is 9.81. The van der Waals surface area contributed by atoms with Gasteiger partial charge in [0, 0.05) is 44.5 Å². The number of nitrogens with zero attached hydrogens (tertiary/aromatic N) is 5. The van der Waals surface area contributed by atoms with Gasteiger partial charge in [0.2, 0.25) is 11.8 Å². The molecule has 1 saturated carbocycles. The zero-order valence-corrected chi connectivity index (χ0v) is 24.0. The summed E-state index contributed by atoms with van der Waals surface area (Å²) < 4.78 is 76.0. The number of alkyl halides is 5. The number of esters is 1. The molecule has 2 N–H and O–H groups in total. The number of carbonyl (C=O) groups excluding carboxylic acids is 3. The summed E-state index contributed by atoms with van der Waals surface area (Å²) >= 11 is 0. The van der Waals surface area contributed by atoms with Crippen molar-refractivity contribution in [2.45, 2.75) is 70.1 Å². The van der Waals surface area contributed by atoms with Gasteiger partial charge in [0.15, 0.2) is 5.65 Å². The number of imidazole rings is 1. The number of hydrogen-bond donors (Lipinski definition) is 2. The van der Waals surface area contributed by atoms with Gasteiger partial charge in [-0.25, -0.2) is 23.1 Å². The summed E-state index contributed by atoms with van der Waals surface area (Å²) in [5.74, 6) is -7.94. The molecule has 1 aliphatic heterocycles. The molecule has 16 heteroatoms. The van der Waals surface area contributed by atoms with Crippen LogP contribution in [0, 0.1) is 17.8 Å². The number of aryl methyl sites for hydroxylation is 1. The fourth-order valence-electron chi connectivity index (χ4n) is 5.95. The van der Waals surface area contributed by atoms with Gasteiger partial charge in [-0.1, -0.05) is 0 Å². The predicted molar refractivity (Wildman–Crippen MR) is 144 cm³/mol. The molecule has 3 aromatic rings. The van der Waals surface area contributed by atoms with Gasteiger partial charge in [-0.15, -0.1) is 0 Å². The average Bonchev–Trinajstić information content (AvgIpc) is 3.62. The number of aromatic nitrogens is 5. The van der Waals surface area contributed by atoms with Crippen LogP contribution < -0.4 is 10.6 Å². The molecule has 0 spiro atoms. The first kappa shape index (κ1) is 31.3. The molecular weight excluding hydrogens is 593 g/mol. The summed E-state index contributed by atoms with van der Waals surface area (Å²) in [5, 5.41) is 13.8. The number of rotatable bonds is 8. The van der Waals surface area contributed by atoms with Gasteiger partial charge in [-0.3, -0.25) is 14.3 Å². The van der Waals surface area contributed by atoms with Crippen molar-refractivity contribution in [3.8, 4) is 0 Å². The van der Waals surface area contributed by atoms with Gasteiger partial charge in [-0.2, -0.15) is 23.4 Å². The lowest BCUT2D eigenvalue weighted by Crippen LogP contribution is -2.47. The standard InChI is InChI=1S/C28H32F5N7O4/c1-3-39-21(6-9-35-39)25(42)37-23(15-4-7-27(29,30)8-5-15)20-14-40-22(36-20)12-18(26(43)44-2)19(38-40)11-16-10-17(28(31,32)33)13-34-24(16)41/h6,9,12,14-17,23H,3-5,7-8,10-11,13H2,1-2H3,(H,34,41)(H,37,42)/t16?,17-,23?/m1/s1. The summed E-state index contributed by atoms with van der Waals surface area (Å²) in [5.41, 5.74) is 0.678. The molecule has 3 aromatic heterocycles. The molecule has 2 fully saturated rings. The lowest BCUT2D eigenvalue weighted by Gasteiger charge is -2.33. The smallest absolute Gasteiger partial charge is 0.393 e. The Morgan fingerprint density at radius 1 is 1.25 bits per heavy atom. The van der Waals surface area contributed by atoms with Crippen LogP contribution in [0.5, 0.6) is 0 Å². The molecule has 238 valence electrons. The van der Waals surface area contributed by atoms with Gasteiger partial charge in [0.1, 0.15) is 5.69 Å². The Morgan fingerprint density at radius 2 is 1.98 bits per heavy atom. The molecule has 0 aromatic carbocycles. The molecule has 0 bridgehead atoms. The van der Waals surface area contributed by atoms with E-state index >= 15 is 0 Å². The third kappa shape index (κ3) is 6.53. The summed E-state index contributed by atoms with van der Waals surface area (Å²) in [6.07, 6.45) is -2.79. The molecule has 2 unspecified atom stereocenters. The number of halogens is 5. The zero-order valence-electron chi connectivity index (χ0n) is 24.0. The molecule has 0 radical (unpaired) electrons. The fourth-order valence-corrected chi connectivity index (χ4v) is 5.95. The van der Waals surface area contributed by atoms with Crippen molar-refractivity contribution in [2.24, 2.45) is 17.8 Å². The van der Waals surface area contributed by atoms with Crippen molar-refractivity contribution >= 4 is 23.4 Å². The van der Waals surface area contributed by atoms with Crippen LogP contribution >= 0.6 is 0 Å². The van der Waals surface area contributed by atoms with Crippen LogP contribution in [0.15, 0.2) is 24.5 Å². The van der Waals surface area contributed by atoms with Crippen molar-refractivity contribution in [3.63, 3.8) is 0 Å². The minimum absolute atomic E-state index is 0.0287. The van der Waals surface area contributed by atoms with Crippen LogP contribution in [0.4, 0.5) is 22.0 Å². The average molecular weight is 626 g/mol. The van der Waals surface area contributed by atoms with E-state index in [4.69, 9.17) is 4.74 Å². The predicted octanol–water partition coefficient (Wildman–Crippen LogP) is 3.89. The minimum atomic E-state index is -4.51. The number of amides is 2. The second-order valence-electron chi connectivity index (χ2n) is 11.3. The first-order valence-electron chi connectivity index (χ1n) is 14.3. The highest BCUT2D eigenvalue weighted by atomic mass is 19.4. The SMILES string of the molecule is CCn1nccc1C(=O)NC(c1cn2nc(CC3C[C@@H](C(F)(F)F)CNC3=O)c(C(=O)OC)cc2n1)C1CCC(F)(F)CC1. The monoisotopic (exact) mass is 625 g/mol. The molecule has 5 rings (SSSR count). The van der Waals surface area contributed by atoms with E-state index in [9.17, 15) is 36.3 Å². The third-order valence-corrected chi connectivity index (χ3v) is 8.40. The Bertz CT molecular complexity index is 1540. The number of methoxy groups -OCH3 is 1. The molecule has 2 aliphatic rings. The second kappa shape index (κ2) is 12.1. The van der Waals surface area contributed by atoms with E-state index in [2.05, 4.69) is 25.8 Å². The highest BCUT2D eigenvalue weighted by Gasteiger charge is 2.45. The minimum Gasteiger partial charge on any atom is -0.465 e. The van der Waals surface area contributed by atoms with Crippen LogP contribution in [0.2, 0.25) is 0 Å². The Kier molecular flexibility index (Phi) is 8.62. The molecule has 1 aliphatic carbocycles. The van der Waals surface area contributed by atoms with Crippen LogP contribution in [0.25, 0.3) is 5.65 Å². The number of fused-ring (bicyclic) bond motifs is 1. The van der Waals surface area contributed by atoms with E-state index in [0.717, 1.165) is 7.11 Å². The molecular formula is C28H32F5N7O4. The van der Waals surface area contributed by atoms with Crippen molar-refractivity contribution in [1.82, 2.24) is 35.0 Å². The summed E-state index contributed by atoms with van der Waals surface area (Å²) in [6.45, 7) is 1.71. The van der Waals surface area contributed by atoms with Crippen molar-refractivity contribution in [1.29, 1.82) is 0 Å². The fraction of sp³-hybridized carbons (Fsp3) is 0.571. The number of carbonyl (C=O) groups is 3. The van der Waals surface area contributed by atoms with Gasteiger partial charge in [-0.05, 0) is 44.2 Å². The van der Waals surface area contributed by atoms with E-state index in [1.165, 1.54) is 33.7 Å². The van der Waals surface area contributed by atoms with Gasteiger partial charge in [0.25, 0.3) is 5.91 Å². The Morgan fingerprint density at radius 3 is 2.64 bits per heavy atom. The van der Waals surface area contributed by atoms with Crippen LogP contribution in [-0.4, -0.2) is 67.9 Å². The van der Waals surface area contributed by atoms with E-state index in [-0.39, 0.29) is 54.7 Å². The second-order valence-corrected chi connectivity index (χ2v) is 11.3. The van der Waals surface area contributed by atoms with Crippen LogP contribution in [0.1, 0.15) is 77.3 Å². The maximum atomic E-state index is 14.0. The molecule has 44 heavy (non-hydrogen) atoms. The first-order chi connectivity index (χ1) is 20.8. The van der Waals surface area contributed by atoms with Crippen molar-refractivity contribution in [3.05, 3.63) is 47.2 Å². The highest BCUT2D eigenvalue weighted by Crippen LogP contribution is 2.41. The van der Waals surface area contributed by atoms with Gasteiger partial charge < -0.3 is 15.4 Å². The van der Waals surface area contributed by atoms with Gasteiger partial charge in [0.05, 0.1) is 42.2 Å². The normalized spacial score (nSPS) is 21.6. The first-order valence-corrected chi connectivity index (χ1v) is 14.3. The topological polar surface area (TPSA) is 133 Å². The van der Waals surface area contributed by atoms with Crippen molar-refractivity contribution in [2.75, 3.05) is 13.7 Å². The van der Waals surface area contributed by atoms with Crippen molar-refractivity contribution < 1.29 is 41.1 Å². The number of hydrogen-bond acceptors (Lipinski definition) is 7. The molecule has 4 heterocycles. The Balaban J connectivity index is 1.50. The lowest BCUT2D eigenvalue weighted by molar-refractivity contribution is -0.183. The Labute approximate surface area is 248 Å². The molecule has 11 nitrogen and oxygen atoms in total. The number of nitrogens with one attached hydrogen (secondary N) is 2. The third-order valence-electron chi connectivity index (χ3n) is 8.40. The zero-order chi connectivity index (χ0) is 31.8. The molecule has 3 atom stereocenters. The summed E-state index contributed by atoms with van der Waals surface area (Å²) in [7, 11) is 1.13. The highest BCUT2D eigenvalue weighted by molar-refractivity contribution is 5.93. The summed E-state index contributed by atoms with van der Waals surface area (Å²) in [4.78, 5) is 43.1. The largest absolute Gasteiger partial charge is 0.465 e. The van der Waals surface area contributed by atoms with E-state index < -0.39 is 66.6 Å². The molecule has 1 saturated heterocycles. The van der Waals surface area contributed by atoms with E-state index in [1.807, 2.05) is 6.92 Å². The van der Waals surface area contributed by atoms with Crippen LogP contribution in [-0.2, 0) is 22.5 Å². The number of piperidine rings is 1. The van der Waals surface area contributed by atoms with Crippen LogP contribution in [0.3, 0.4) is 0 Å². The number of ether oxygens (including phenoxy) is 1. The summed E-state index contributed by atoms with van der Waals surface area (Å²) in [6, 6.07) is 2.08. The van der Waals surface area contributed by atoms with E-state index in [1.54, 1.807) is 0 Å². The maximum absolute atomic E-state index is 14.0. The Hall–Kier alpha value is -4.11.